The molecule has 1 aliphatic heterocycles. The molecular formula is C23H27FN2O. The van der Waals surface area contributed by atoms with E-state index in [1.54, 1.807) is 12.1 Å². The van der Waals surface area contributed by atoms with E-state index in [4.69, 9.17) is 0 Å². The second kappa shape index (κ2) is 8.96. The Bertz CT molecular complexity index is 790. The van der Waals surface area contributed by atoms with Gasteiger partial charge in [-0.1, -0.05) is 56.3 Å². The Hall–Kier alpha value is -2.46. The molecule has 0 bridgehead atoms. The van der Waals surface area contributed by atoms with Crippen LogP contribution < -0.4 is 0 Å². The molecule has 0 spiro atoms. The standard InChI is InChI=1S/C23H27FN2O/c1-18(2)20-10-7-19(8-11-20)9-12-23(27)26-15-13-25(14-16-26)17-21-5-3-4-6-22(21)24/h3-12,18H,13-17H2,1-2H3/b12-9+. The van der Waals surface area contributed by atoms with E-state index < -0.39 is 0 Å². The molecule has 142 valence electrons. The normalized spacial score (nSPS) is 15.6. The SMILES string of the molecule is CC(C)c1ccc(/C=C/C(=O)N2CCN(Cc3ccccc3F)CC2)cc1. The minimum atomic E-state index is -0.164. The van der Waals surface area contributed by atoms with Crippen molar-refractivity contribution in [3.05, 3.63) is 77.1 Å². The zero-order valence-electron chi connectivity index (χ0n) is 16.1. The number of nitrogens with zero attached hydrogens (tertiary/aromatic N) is 2. The predicted molar refractivity (Wildman–Crippen MR) is 108 cm³/mol. The number of carbonyl (C=O) groups excluding carboxylic acids is 1. The lowest BCUT2D eigenvalue weighted by Crippen LogP contribution is -2.47. The predicted octanol–water partition coefficient (Wildman–Crippen LogP) is 4.31. The van der Waals surface area contributed by atoms with Crippen LogP contribution in [0.15, 0.2) is 54.6 Å². The summed E-state index contributed by atoms with van der Waals surface area (Å²) in [6.07, 6.45) is 3.52. The zero-order valence-corrected chi connectivity index (χ0v) is 16.1. The second-order valence-electron chi connectivity index (χ2n) is 7.35. The van der Waals surface area contributed by atoms with E-state index in [1.165, 1.54) is 11.6 Å². The molecule has 3 nitrogen and oxygen atoms in total. The molecule has 0 saturated carbocycles. The van der Waals surface area contributed by atoms with Crippen LogP contribution in [0.4, 0.5) is 4.39 Å². The molecule has 3 rings (SSSR count). The third kappa shape index (κ3) is 5.27. The van der Waals surface area contributed by atoms with E-state index >= 15 is 0 Å². The highest BCUT2D eigenvalue weighted by Crippen LogP contribution is 2.16. The topological polar surface area (TPSA) is 23.6 Å². The summed E-state index contributed by atoms with van der Waals surface area (Å²) in [5, 5.41) is 0. The maximum absolute atomic E-state index is 13.8. The van der Waals surface area contributed by atoms with Gasteiger partial charge >= 0.3 is 0 Å². The summed E-state index contributed by atoms with van der Waals surface area (Å²) in [7, 11) is 0. The van der Waals surface area contributed by atoms with Crippen molar-refractivity contribution in [3.63, 3.8) is 0 Å². The van der Waals surface area contributed by atoms with Crippen molar-refractivity contribution in [2.45, 2.75) is 26.3 Å². The smallest absolute Gasteiger partial charge is 0.246 e. The third-order valence-corrected chi connectivity index (χ3v) is 5.06. The molecular weight excluding hydrogens is 339 g/mol. The van der Waals surface area contributed by atoms with E-state index in [9.17, 15) is 9.18 Å². The summed E-state index contributed by atoms with van der Waals surface area (Å²) in [5.74, 6) is 0.376. The van der Waals surface area contributed by atoms with Crippen LogP contribution in [-0.4, -0.2) is 41.9 Å². The van der Waals surface area contributed by atoms with Crippen molar-refractivity contribution in [1.82, 2.24) is 9.80 Å². The average molecular weight is 366 g/mol. The summed E-state index contributed by atoms with van der Waals surface area (Å²) in [5.41, 5.74) is 3.04. The molecule has 0 radical (unpaired) electrons. The molecule has 4 heteroatoms. The van der Waals surface area contributed by atoms with Gasteiger partial charge in [0.1, 0.15) is 5.82 Å². The van der Waals surface area contributed by atoms with Gasteiger partial charge in [-0.2, -0.15) is 0 Å². The molecule has 27 heavy (non-hydrogen) atoms. The van der Waals surface area contributed by atoms with Crippen LogP contribution in [0.5, 0.6) is 0 Å². The van der Waals surface area contributed by atoms with Gasteiger partial charge in [0.15, 0.2) is 0 Å². The quantitative estimate of drug-likeness (QED) is 0.737. The Morgan fingerprint density at radius 1 is 1.04 bits per heavy atom. The van der Waals surface area contributed by atoms with Crippen LogP contribution in [-0.2, 0) is 11.3 Å². The number of hydrogen-bond donors (Lipinski definition) is 0. The fraction of sp³-hybridized carbons (Fsp3) is 0.348. The lowest BCUT2D eigenvalue weighted by molar-refractivity contribution is -0.127. The maximum atomic E-state index is 13.8. The van der Waals surface area contributed by atoms with Gasteiger partial charge in [-0.25, -0.2) is 4.39 Å². The first-order valence-electron chi connectivity index (χ1n) is 9.55. The van der Waals surface area contributed by atoms with Crippen molar-refractivity contribution in [3.8, 4) is 0 Å². The molecule has 2 aromatic carbocycles. The minimum absolute atomic E-state index is 0.0356. The zero-order chi connectivity index (χ0) is 19.2. The van der Waals surface area contributed by atoms with Gasteiger partial charge in [0, 0.05) is 44.4 Å². The molecule has 1 aliphatic rings. The van der Waals surface area contributed by atoms with Crippen LogP contribution in [0, 0.1) is 5.82 Å². The van der Waals surface area contributed by atoms with E-state index in [0.717, 1.165) is 18.7 Å². The van der Waals surface area contributed by atoms with Crippen molar-refractivity contribution in [2.24, 2.45) is 0 Å². The summed E-state index contributed by atoms with van der Waals surface area (Å²) in [4.78, 5) is 16.5. The summed E-state index contributed by atoms with van der Waals surface area (Å²) < 4.78 is 13.8. The number of rotatable bonds is 5. The van der Waals surface area contributed by atoms with Gasteiger partial charge in [0.2, 0.25) is 5.91 Å². The van der Waals surface area contributed by atoms with Crippen molar-refractivity contribution >= 4 is 12.0 Å². The number of hydrogen-bond acceptors (Lipinski definition) is 2. The van der Waals surface area contributed by atoms with Gasteiger partial charge in [0.25, 0.3) is 0 Å². The number of piperazine rings is 1. The first-order valence-corrected chi connectivity index (χ1v) is 9.55. The summed E-state index contributed by atoms with van der Waals surface area (Å²) in [6.45, 7) is 7.79. The molecule has 2 aromatic rings. The molecule has 0 atom stereocenters. The van der Waals surface area contributed by atoms with Crippen LogP contribution >= 0.6 is 0 Å². The lowest BCUT2D eigenvalue weighted by Gasteiger charge is -2.34. The highest BCUT2D eigenvalue weighted by Gasteiger charge is 2.20. The van der Waals surface area contributed by atoms with E-state index in [-0.39, 0.29) is 11.7 Å². The Balaban J connectivity index is 1.50. The van der Waals surface area contributed by atoms with E-state index in [0.29, 0.717) is 31.1 Å². The third-order valence-electron chi connectivity index (χ3n) is 5.06. The molecule has 1 heterocycles. The monoisotopic (exact) mass is 366 g/mol. The number of benzene rings is 2. The highest BCUT2D eigenvalue weighted by atomic mass is 19.1. The van der Waals surface area contributed by atoms with E-state index in [1.807, 2.05) is 35.2 Å². The highest BCUT2D eigenvalue weighted by molar-refractivity contribution is 5.91. The Morgan fingerprint density at radius 2 is 1.70 bits per heavy atom. The van der Waals surface area contributed by atoms with Gasteiger partial charge < -0.3 is 4.90 Å². The van der Waals surface area contributed by atoms with Crippen LogP contribution in [0.1, 0.15) is 36.5 Å². The minimum Gasteiger partial charge on any atom is -0.337 e. The molecule has 0 unspecified atom stereocenters. The van der Waals surface area contributed by atoms with Crippen molar-refractivity contribution < 1.29 is 9.18 Å². The lowest BCUT2D eigenvalue weighted by atomic mass is 10.0. The molecule has 1 fully saturated rings. The van der Waals surface area contributed by atoms with Gasteiger partial charge in [-0.3, -0.25) is 9.69 Å². The van der Waals surface area contributed by atoms with Gasteiger partial charge in [-0.05, 0) is 29.2 Å². The first-order chi connectivity index (χ1) is 13.0. The molecule has 0 aliphatic carbocycles. The average Bonchev–Trinajstić information content (AvgIpc) is 2.69. The molecule has 1 amide bonds. The maximum Gasteiger partial charge on any atom is 0.246 e. The van der Waals surface area contributed by atoms with Gasteiger partial charge in [0.05, 0.1) is 0 Å². The van der Waals surface area contributed by atoms with Crippen LogP contribution in [0.3, 0.4) is 0 Å². The largest absolute Gasteiger partial charge is 0.337 e. The second-order valence-corrected chi connectivity index (χ2v) is 7.35. The fourth-order valence-electron chi connectivity index (χ4n) is 3.26. The molecule has 0 N–H and O–H groups in total. The summed E-state index contributed by atoms with van der Waals surface area (Å²) >= 11 is 0. The molecule has 1 saturated heterocycles. The van der Waals surface area contributed by atoms with Crippen molar-refractivity contribution in [2.75, 3.05) is 26.2 Å². The number of amides is 1. The first kappa shape index (κ1) is 19.3. The van der Waals surface area contributed by atoms with Gasteiger partial charge in [-0.15, -0.1) is 0 Å². The van der Waals surface area contributed by atoms with E-state index in [2.05, 4.69) is 30.9 Å². The fourth-order valence-corrected chi connectivity index (χ4v) is 3.26. The number of carbonyl (C=O) groups is 1. The number of halogens is 1. The van der Waals surface area contributed by atoms with Crippen molar-refractivity contribution in [1.29, 1.82) is 0 Å². The Kier molecular flexibility index (Phi) is 6.40. The Labute approximate surface area is 161 Å². The Morgan fingerprint density at radius 3 is 2.33 bits per heavy atom. The van der Waals surface area contributed by atoms with Crippen LogP contribution in [0.25, 0.3) is 6.08 Å². The molecule has 0 aromatic heterocycles. The summed E-state index contributed by atoms with van der Waals surface area (Å²) in [6, 6.07) is 15.2. The van der Waals surface area contributed by atoms with Crippen LogP contribution in [0.2, 0.25) is 0 Å².